The van der Waals surface area contributed by atoms with Gasteiger partial charge >= 0.3 is 5.97 Å². The average Bonchev–Trinajstić information content (AvgIpc) is 1.80. The molecule has 0 rings (SSSR count). The number of carbonyl (C=O) groups excluding carboxylic acids is 1. The van der Waals surface area contributed by atoms with E-state index in [0.717, 1.165) is 0 Å². The summed E-state index contributed by atoms with van der Waals surface area (Å²) < 4.78 is 15.8. The standard InChI is InChI=1S/C7H15O3P/c1-6(2)7(8)10-5-11(3,4)9/h6H,5H2,1-4H3. The first kappa shape index (κ1) is 10.7. The average molecular weight is 178 g/mol. The highest BCUT2D eigenvalue weighted by Gasteiger charge is 2.13. The van der Waals surface area contributed by atoms with Crippen molar-refractivity contribution in [2.75, 3.05) is 19.7 Å². The maximum Gasteiger partial charge on any atom is 0.308 e. The Labute approximate surface area is 67.5 Å². The van der Waals surface area contributed by atoms with Crippen LogP contribution in [0.15, 0.2) is 0 Å². The van der Waals surface area contributed by atoms with Gasteiger partial charge in [0.05, 0.1) is 5.92 Å². The van der Waals surface area contributed by atoms with Gasteiger partial charge in [0.2, 0.25) is 0 Å². The van der Waals surface area contributed by atoms with Crippen molar-refractivity contribution in [3.63, 3.8) is 0 Å². The van der Waals surface area contributed by atoms with E-state index >= 15 is 0 Å². The van der Waals surface area contributed by atoms with E-state index in [1.54, 1.807) is 27.2 Å². The van der Waals surface area contributed by atoms with Gasteiger partial charge < -0.3 is 9.30 Å². The van der Waals surface area contributed by atoms with Gasteiger partial charge in [0.25, 0.3) is 0 Å². The number of carbonyl (C=O) groups is 1. The fraction of sp³-hybridized carbons (Fsp3) is 0.857. The molecule has 3 nitrogen and oxygen atoms in total. The minimum atomic E-state index is -2.20. The van der Waals surface area contributed by atoms with E-state index in [4.69, 9.17) is 4.74 Å². The minimum Gasteiger partial charge on any atom is -0.458 e. The molecule has 0 unspecified atom stereocenters. The summed E-state index contributed by atoms with van der Waals surface area (Å²) in [5, 5.41) is 0. The van der Waals surface area contributed by atoms with E-state index in [1.165, 1.54) is 0 Å². The summed E-state index contributed by atoms with van der Waals surface area (Å²) in [7, 11) is -2.20. The highest BCUT2D eigenvalue weighted by atomic mass is 31.2. The van der Waals surface area contributed by atoms with E-state index in [9.17, 15) is 9.36 Å². The van der Waals surface area contributed by atoms with Crippen molar-refractivity contribution in [1.82, 2.24) is 0 Å². The van der Waals surface area contributed by atoms with Crippen molar-refractivity contribution in [2.24, 2.45) is 5.92 Å². The molecule has 0 aliphatic heterocycles. The molecule has 0 heterocycles. The van der Waals surface area contributed by atoms with Gasteiger partial charge in [-0.25, -0.2) is 0 Å². The molecule has 0 saturated heterocycles. The normalized spacial score (nSPS) is 11.7. The Hall–Kier alpha value is -0.300. The van der Waals surface area contributed by atoms with Crippen LogP contribution in [0, 0.1) is 5.92 Å². The molecular weight excluding hydrogens is 163 g/mol. The highest BCUT2D eigenvalue weighted by molar-refractivity contribution is 7.62. The third-order valence-electron chi connectivity index (χ3n) is 0.989. The second-order valence-corrected chi connectivity index (χ2v) is 6.73. The predicted octanol–water partition coefficient (Wildman–Crippen LogP) is 1.77. The maximum absolute atomic E-state index is 11.1. The lowest BCUT2D eigenvalue weighted by Gasteiger charge is -2.09. The van der Waals surface area contributed by atoms with Crippen LogP contribution in [0.3, 0.4) is 0 Å². The molecule has 0 aliphatic rings. The Morgan fingerprint density at radius 1 is 1.45 bits per heavy atom. The molecule has 0 radical (unpaired) electrons. The second kappa shape index (κ2) is 3.91. The van der Waals surface area contributed by atoms with Gasteiger partial charge in [-0.05, 0) is 13.3 Å². The largest absolute Gasteiger partial charge is 0.458 e. The first-order chi connectivity index (χ1) is 4.83. The molecule has 0 atom stereocenters. The lowest BCUT2D eigenvalue weighted by molar-refractivity contribution is -0.145. The monoisotopic (exact) mass is 178 g/mol. The van der Waals surface area contributed by atoms with Crippen LogP contribution < -0.4 is 0 Å². The molecule has 0 saturated carbocycles. The summed E-state index contributed by atoms with van der Waals surface area (Å²) in [6, 6.07) is 0. The Bertz CT molecular complexity index is 180. The van der Waals surface area contributed by atoms with Crippen LogP contribution in [0.1, 0.15) is 13.8 Å². The lowest BCUT2D eigenvalue weighted by atomic mass is 10.2. The van der Waals surface area contributed by atoms with Crippen molar-refractivity contribution in [2.45, 2.75) is 13.8 Å². The van der Waals surface area contributed by atoms with Crippen molar-refractivity contribution in [3.8, 4) is 0 Å². The summed E-state index contributed by atoms with van der Waals surface area (Å²) in [5.74, 6) is -0.421. The van der Waals surface area contributed by atoms with Crippen LogP contribution in [0.4, 0.5) is 0 Å². The fourth-order valence-electron chi connectivity index (χ4n) is 0.386. The van der Waals surface area contributed by atoms with E-state index in [2.05, 4.69) is 0 Å². The Kier molecular flexibility index (Phi) is 3.81. The van der Waals surface area contributed by atoms with Gasteiger partial charge in [-0.2, -0.15) is 0 Å². The van der Waals surface area contributed by atoms with Gasteiger partial charge in [-0.3, -0.25) is 4.79 Å². The number of esters is 1. The summed E-state index contributed by atoms with van der Waals surface area (Å²) in [6.07, 6.45) is 0.0595. The molecule has 4 heteroatoms. The molecule has 0 aliphatic carbocycles. The van der Waals surface area contributed by atoms with E-state index < -0.39 is 7.14 Å². The number of hydrogen-bond acceptors (Lipinski definition) is 3. The molecule has 0 aromatic carbocycles. The molecule has 0 bridgehead atoms. The number of hydrogen-bond donors (Lipinski definition) is 0. The summed E-state index contributed by atoms with van der Waals surface area (Å²) in [5.41, 5.74) is 0. The number of rotatable bonds is 3. The molecule has 66 valence electrons. The van der Waals surface area contributed by atoms with Crippen molar-refractivity contribution in [3.05, 3.63) is 0 Å². The molecule has 0 N–H and O–H groups in total. The third-order valence-corrected chi connectivity index (χ3v) is 1.74. The zero-order valence-corrected chi connectivity index (χ0v) is 8.35. The van der Waals surface area contributed by atoms with Crippen LogP contribution in [-0.2, 0) is 14.1 Å². The van der Waals surface area contributed by atoms with E-state index in [1.807, 2.05) is 0 Å². The Balaban J connectivity index is 3.73. The molecule has 0 spiro atoms. The van der Waals surface area contributed by atoms with Gasteiger partial charge in [0, 0.05) is 0 Å². The van der Waals surface area contributed by atoms with Gasteiger partial charge in [0.15, 0.2) is 0 Å². The SMILES string of the molecule is CC(C)C(=O)OCP(C)(C)=O. The van der Waals surface area contributed by atoms with Crippen LogP contribution >= 0.6 is 7.14 Å². The van der Waals surface area contributed by atoms with E-state index in [-0.39, 0.29) is 18.2 Å². The zero-order chi connectivity index (χ0) is 9.07. The molecule has 0 amide bonds. The summed E-state index contributed by atoms with van der Waals surface area (Å²) in [4.78, 5) is 10.8. The minimum absolute atomic E-state index is 0.0595. The first-order valence-electron chi connectivity index (χ1n) is 3.53. The highest BCUT2D eigenvalue weighted by Crippen LogP contribution is 2.35. The van der Waals surface area contributed by atoms with Gasteiger partial charge in [0.1, 0.15) is 13.5 Å². The van der Waals surface area contributed by atoms with Crippen LogP contribution in [0.25, 0.3) is 0 Å². The summed E-state index contributed by atoms with van der Waals surface area (Å²) >= 11 is 0. The van der Waals surface area contributed by atoms with Crippen LogP contribution in [0.2, 0.25) is 0 Å². The lowest BCUT2D eigenvalue weighted by Crippen LogP contribution is -2.12. The molecule has 0 aromatic heterocycles. The maximum atomic E-state index is 11.1. The van der Waals surface area contributed by atoms with Crippen molar-refractivity contribution in [1.29, 1.82) is 0 Å². The third kappa shape index (κ3) is 6.11. The predicted molar refractivity (Wildman–Crippen MR) is 45.3 cm³/mol. The fourth-order valence-corrected chi connectivity index (χ4v) is 0.824. The Morgan fingerprint density at radius 2 is 1.91 bits per heavy atom. The van der Waals surface area contributed by atoms with Crippen molar-refractivity contribution >= 4 is 13.1 Å². The molecule has 0 fully saturated rings. The van der Waals surface area contributed by atoms with Crippen LogP contribution in [0.5, 0.6) is 0 Å². The first-order valence-corrected chi connectivity index (χ1v) is 6.32. The molecule has 11 heavy (non-hydrogen) atoms. The topological polar surface area (TPSA) is 43.4 Å². The quantitative estimate of drug-likeness (QED) is 0.488. The zero-order valence-electron chi connectivity index (χ0n) is 7.46. The smallest absolute Gasteiger partial charge is 0.308 e. The second-order valence-electron chi connectivity index (χ2n) is 3.32. The van der Waals surface area contributed by atoms with Gasteiger partial charge in [-0.15, -0.1) is 0 Å². The summed E-state index contributed by atoms with van der Waals surface area (Å²) in [6.45, 7) is 6.69. The molecule has 0 aromatic rings. The van der Waals surface area contributed by atoms with Crippen LogP contribution in [-0.4, -0.2) is 25.6 Å². The molecular formula is C7H15O3P. The Morgan fingerprint density at radius 3 is 2.18 bits per heavy atom. The van der Waals surface area contributed by atoms with Gasteiger partial charge in [-0.1, -0.05) is 13.8 Å². The van der Waals surface area contributed by atoms with Crippen molar-refractivity contribution < 1.29 is 14.1 Å². The van der Waals surface area contributed by atoms with E-state index in [0.29, 0.717) is 0 Å². The number of ether oxygens (including phenoxy) is 1.